The minimum atomic E-state index is -0.478. The molecule has 0 aliphatic carbocycles. The van der Waals surface area contributed by atoms with Crippen LogP contribution in [0.25, 0.3) is 0 Å². The summed E-state index contributed by atoms with van der Waals surface area (Å²) in [5.41, 5.74) is 1.85. The maximum absolute atomic E-state index is 12.2. The SMILES string of the molecule is Cc1c(C(=O)NCCSCc2ccc(Cl)cc2)cccc1[N+](=O)[O-]. The molecule has 24 heavy (non-hydrogen) atoms. The van der Waals surface area contributed by atoms with Gasteiger partial charge in [0.25, 0.3) is 11.6 Å². The molecule has 0 saturated carbocycles. The highest BCUT2D eigenvalue weighted by Crippen LogP contribution is 2.21. The maximum atomic E-state index is 12.2. The lowest BCUT2D eigenvalue weighted by Crippen LogP contribution is -2.26. The Kier molecular flexibility index (Phi) is 6.63. The zero-order chi connectivity index (χ0) is 17.5. The van der Waals surface area contributed by atoms with Crippen LogP contribution in [-0.2, 0) is 5.75 Å². The number of hydrogen-bond acceptors (Lipinski definition) is 4. The minimum absolute atomic E-state index is 0.0419. The lowest BCUT2D eigenvalue weighted by Gasteiger charge is -2.08. The van der Waals surface area contributed by atoms with Crippen molar-refractivity contribution in [1.82, 2.24) is 5.32 Å². The summed E-state index contributed by atoms with van der Waals surface area (Å²) in [6.07, 6.45) is 0. The lowest BCUT2D eigenvalue weighted by atomic mass is 10.1. The highest BCUT2D eigenvalue weighted by molar-refractivity contribution is 7.98. The van der Waals surface area contributed by atoms with E-state index in [0.29, 0.717) is 22.7 Å². The standard InChI is InChI=1S/C17H17ClN2O3S/c1-12-15(3-2-4-16(12)20(22)23)17(21)19-9-10-24-11-13-5-7-14(18)8-6-13/h2-8H,9-11H2,1H3,(H,19,21). The van der Waals surface area contributed by atoms with Gasteiger partial charge in [-0.05, 0) is 30.7 Å². The van der Waals surface area contributed by atoms with E-state index >= 15 is 0 Å². The fourth-order valence-electron chi connectivity index (χ4n) is 2.17. The topological polar surface area (TPSA) is 72.2 Å². The van der Waals surface area contributed by atoms with Gasteiger partial charge in [0.1, 0.15) is 0 Å². The Morgan fingerprint density at radius 2 is 1.96 bits per heavy atom. The number of rotatable bonds is 7. The van der Waals surface area contributed by atoms with Crippen LogP contribution < -0.4 is 5.32 Å². The van der Waals surface area contributed by atoms with Crippen LogP contribution in [-0.4, -0.2) is 23.1 Å². The van der Waals surface area contributed by atoms with Crippen LogP contribution in [0.1, 0.15) is 21.5 Å². The summed E-state index contributed by atoms with van der Waals surface area (Å²) < 4.78 is 0. The predicted molar refractivity (Wildman–Crippen MR) is 97.8 cm³/mol. The van der Waals surface area contributed by atoms with Crippen molar-refractivity contribution >= 4 is 35.0 Å². The number of nitro benzene ring substituents is 1. The first-order valence-corrected chi connectivity index (χ1v) is 8.86. The molecule has 0 heterocycles. The van der Waals surface area contributed by atoms with E-state index < -0.39 is 4.92 Å². The van der Waals surface area contributed by atoms with Gasteiger partial charge in [-0.3, -0.25) is 14.9 Å². The molecule has 0 radical (unpaired) electrons. The van der Waals surface area contributed by atoms with Crippen LogP contribution in [0.4, 0.5) is 5.69 Å². The van der Waals surface area contributed by atoms with Gasteiger partial charge in [-0.25, -0.2) is 0 Å². The summed E-state index contributed by atoms with van der Waals surface area (Å²) in [5.74, 6) is 1.30. The number of carbonyl (C=O) groups excluding carboxylic acids is 1. The Morgan fingerprint density at radius 3 is 2.62 bits per heavy atom. The summed E-state index contributed by atoms with van der Waals surface area (Å²) in [6.45, 7) is 2.08. The molecule has 1 amide bonds. The fraction of sp³-hybridized carbons (Fsp3) is 0.235. The van der Waals surface area contributed by atoms with Gasteiger partial charge in [0.05, 0.1) is 4.92 Å². The number of nitrogens with zero attached hydrogens (tertiary/aromatic N) is 1. The van der Waals surface area contributed by atoms with E-state index in [1.807, 2.05) is 24.3 Å². The highest BCUT2D eigenvalue weighted by atomic mass is 35.5. The summed E-state index contributed by atoms with van der Waals surface area (Å²) in [5, 5.41) is 14.4. The maximum Gasteiger partial charge on any atom is 0.273 e. The molecule has 2 aromatic carbocycles. The van der Waals surface area contributed by atoms with Crippen LogP contribution in [0.3, 0.4) is 0 Å². The van der Waals surface area contributed by atoms with E-state index in [2.05, 4.69) is 5.32 Å². The van der Waals surface area contributed by atoms with Crippen molar-refractivity contribution in [3.63, 3.8) is 0 Å². The van der Waals surface area contributed by atoms with Crippen molar-refractivity contribution in [3.05, 3.63) is 74.3 Å². The van der Waals surface area contributed by atoms with Gasteiger partial charge >= 0.3 is 0 Å². The monoisotopic (exact) mass is 364 g/mol. The third kappa shape index (κ3) is 4.97. The van der Waals surface area contributed by atoms with Crippen molar-refractivity contribution in [2.75, 3.05) is 12.3 Å². The van der Waals surface area contributed by atoms with Crippen molar-refractivity contribution in [3.8, 4) is 0 Å². The van der Waals surface area contributed by atoms with Crippen LogP contribution in [0, 0.1) is 17.0 Å². The number of hydrogen-bond donors (Lipinski definition) is 1. The van der Waals surface area contributed by atoms with E-state index in [-0.39, 0.29) is 11.6 Å². The number of nitrogens with one attached hydrogen (secondary N) is 1. The van der Waals surface area contributed by atoms with Gasteiger partial charge in [0, 0.05) is 40.3 Å². The Bertz CT molecular complexity index is 735. The summed E-state index contributed by atoms with van der Waals surface area (Å²) >= 11 is 7.53. The lowest BCUT2D eigenvalue weighted by molar-refractivity contribution is -0.385. The average Bonchev–Trinajstić information content (AvgIpc) is 2.56. The van der Waals surface area contributed by atoms with Gasteiger partial charge in [0.15, 0.2) is 0 Å². The van der Waals surface area contributed by atoms with Crippen molar-refractivity contribution in [2.24, 2.45) is 0 Å². The second-order valence-electron chi connectivity index (χ2n) is 5.14. The van der Waals surface area contributed by atoms with E-state index in [0.717, 1.165) is 11.5 Å². The molecule has 7 heteroatoms. The van der Waals surface area contributed by atoms with Crippen LogP contribution in [0.15, 0.2) is 42.5 Å². The highest BCUT2D eigenvalue weighted by Gasteiger charge is 2.17. The molecule has 0 saturated heterocycles. The number of carbonyl (C=O) groups is 1. The molecule has 2 rings (SSSR count). The first-order valence-electron chi connectivity index (χ1n) is 7.33. The molecule has 0 fully saturated rings. The smallest absolute Gasteiger partial charge is 0.273 e. The van der Waals surface area contributed by atoms with Crippen LogP contribution in [0.2, 0.25) is 5.02 Å². The minimum Gasteiger partial charge on any atom is -0.351 e. The van der Waals surface area contributed by atoms with Gasteiger partial charge < -0.3 is 5.32 Å². The van der Waals surface area contributed by atoms with Crippen LogP contribution in [0.5, 0.6) is 0 Å². The molecule has 0 spiro atoms. The van der Waals surface area contributed by atoms with Gasteiger partial charge in [-0.15, -0.1) is 0 Å². The number of amides is 1. The normalized spacial score (nSPS) is 10.4. The molecule has 0 aromatic heterocycles. The van der Waals surface area contributed by atoms with Gasteiger partial charge in [-0.2, -0.15) is 11.8 Å². The van der Waals surface area contributed by atoms with E-state index in [4.69, 9.17) is 11.6 Å². The molecule has 126 valence electrons. The Balaban J connectivity index is 1.80. The molecule has 0 atom stereocenters. The average molecular weight is 365 g/mol. The largest absolute Gasteiger partial charge is 0.351 e. The van der Waals surface area contributed by atoms with Crippen molar-refractivity contribution in [2.45, 2.75) is 12.7 Å². The number of halogens is 1. The molecule has 2 aromatic rings. The first kappa shape index (κ1) is 18.3. The fourth-order valence-corrected chi connectivity index (χ4v) is 3.11. The molecular weight excluding hydrogens is 348 g/mol. The molecule has 1 N–H and O–H groups in total. The predicted octanol–water partition coefficient (Wildman–Crippen LogP) is 4.22. The molecular formula is C17H17ClN2O3S. The Hall–Kier alpha value is -2.05. The first-order chi connectivity index (χ1) is 11.5. The molecule has 0 bridgehead atoms. The second-order valence-corrected chi connectivity index (χ2v) is 6.68. The number of thioether (sulfide) groups is 1. The number of nitro groups is 1. The second kappa shape index (κ2) is 8.70. The van der Waals surface area contributed by atoms with E-state index in [1.165, 1.54) is 17.7 Å². The van der Waals surface area contributed by atoms with E-state index in [9.17, 15) is 14.9 Å². The van der Waals surface area contributed by atoms with Gasteiger partial charge in [-0.1, -0.05) is 29.8 Å². The quantitative estimate of drug-likeness (QED) is 0.453. The summed E-state index contributed by atoms with van der Waals surface area (Å²) in [7, 11) is 0. The summed E-state index contributed by atoms with van der Waals surface area (Å²) in [6, 6.07) is 12.2. The third-order valence-corrected chi connectivity index (χ3v) is 4.74. The zero-order valence-electron chi connectivity index (χ0n) is 13.1. The molecule has 0 aliphatic rings. The Labute approximate surface area is 149 Å². The van der Waals surface area contributed by atoms with Crippen molar-refractivity contribution < 1.29 is 9.72 Å². The van der Waals surface area contributed by atoms with E-state index in [1.54, 1.807) is 24.8 Å². The van der Waals surface area contributed by atoms with Crippen molar-refractivity contribution in [1.29, 1.82) is 0 Å². The van der Waals surface area contributed by atoms with Gasteiger partial charge in [0.2, 0.25) is 0 Å². The molecule has 0 unspecified atom stereocenters. The molecule has 0 aliphatic heterocycles. The molecule has 5 nitrogen and oxygen atoms in total. The zero-order valence-corrected chi connectivity index (χ0v) is 14.7. The summed E-state index contributed by atoms with van der Waals surface area (Å²) in [4.78, 5) is 22.6. The third-order valence-electron chi connectivity index (χ3n) is 3.46. The number of benzene rings is 2. The Morgan fingerprint density at radius 1 is 1.25 bits per heavy atom. The van der Waals surface area contributed by atoms with Crippen LogP contribution >= 0.6 is 23.4 Å².